The number of hydrogen-bond acceptors (Lipinski definition) is 3. The van der Waals surface area contributed by atoms with Crippen molar-refractivity contribution in [1.82, 2.24) is 9.21 Å². The number of nitrogens with zero attached hydrogens (tertiary/aromatic N) is 2. The Kier molecular flexibility index (Phi) is 5.38. The van der Waals surface area contributed by atoms with Crippen LogP contribution in [0.5, 0.6) is 0 Å². The van der Waals surface area contributed by atoms with Gasteiger partial charge in [0.05, 0.1) is 5.75 Å². The Morgan fingerprint density at radius 3 is 2.31 bits per heavy atom. The zero-order valence-corrected chi connectivity index (χ0v) is 15.4. The first-order chi connectivity index (χ1) is 12.4. The van der Waals surface area contributed by atoms with Crippen molar-refractivity contribution in [3.8, 4) is 0 Å². The van der Waals surface area contributed by atoms with Crippen molar-refractivity contribution in [2.75, 3.05) is 26.2 Å². The maximum atomic E-state index is 13.7. The first kappa shape index (κ1) is 18.5. The van der Waals surface area contributed by atoms with Crippen LogP contribution in [-0.4, -0.2) is 49.7 Å². The van der Waals surface area contributed by atoms with Gasteiger partial charge in [-0.3, -0.25) is 4.79 Å². The van der Waals surface area contributed by atoms with Crippen molar-refractivity contribution >= 4 is 15.9 Å². The normalized spacial score (nSPS) is 15.8. The average molecular weight is 376 g/mol. The molecule has 2 aromatic rings. The molecule has 26 heavy (non-hydrogen) atoms. The number of carbonyl (C=O) groups is 1. The fraction of sp³-hybridized carbons (Fsp3) is 0.316. The monoisotopic (exact) mass is 376 g/mol. The van der Waals surface area contributed by atoms with Crippen molar-refractivity contribution in [3.63, 3.8) is 0 Å². The van der Waals surface area contributed by atoms with E-state index in [0.29, 0.717) is 18.7 Å². The molecular weight excluding hydrogens is 355 g/mol. The van der Waals surface area contributed by atoms with E-state index in [2.05, 4.69) is 0 Å². The lowest BCUT2D eigenvalue weighted by molar-refractivity contribution is 0.0697. The summed E-state index contributed by atoms with van der Waals surface area (Å²) in [5.41, 5.74) is 1.51. The van der Waals surface area contributed by atoms with E-state index in [1.807, 2.05) is 18.2 Å². The van der Waals surface area contributed by atoms with Crippen molar-refractivity contribution in [1.29, 1.82) is 0 Å². The highest BCUT2D eigenvalue weighted by atomic mass is 32.2. The second-order valence-corrected chi connectivity index (χ2v) is 8.37. The van der Waals surface area contributed by atoms with Crippen LogP contribution in [0, 0.1) is 12.7 Å². The fourth-order valence-electron chi connectivity index (χ4n) is 2.95. The summed E-state index contributed by atoms with van der Waals surface area (Å²) in [5, 5.41) is 0. The SMILES string of the molecule is Cc1ccc(C(=O)N2CCN(S(=O)(=O)Cc3ccccc3)CC2)cc1F. The summed E-state index contributed by atoms with van der Waals surface area (Å²) in [6.45, 7) is 2.72. The lowest BCUT2D eigenvalue weighted by Crippen LogP contribution is -2.50. The molecule has 3 rings (SSSR count). The highest BCUT2D eigenvalue weighted by molar-refractivity contribution is 7.88. The molecule has 0 atom stereocenters. The number of carbonyl (C=O) groups excluding carboxylic acids is 1. The molecule has 1 heterocycles. The van der Waals surface area contributed by atoms with Gasteiger partial charge >= 0.3 is 0 Å². The van der Waals surface area contributed by atoms with Gasteiger partial charge in [-0.2, -0.15) is 4.31 Å². The Morgan fingerprint density at radius 2 is 1.69 bits per heavy atom. The van der Waals surface area contributed by atoms with Crippen LogP contribution in [0.4, 0.5) is 4.39 Å². The highest BCUT2D eigenvalue weighted by Gasteiger charge is 2.29. The van der Waals surface area contributed by atoms with Gasteiger partial charge in [0.1, 0.15) is 5.82 Å². The third-order valence-corrected chi connectivity index (χ3v) is 6.38. The van der Waals surface area contributed by atoms with Crippen LogP contribution in [0.25, 0.3) is 0 Å². The van der Waals surface area contributed by atoms with Crippen LogP contribution in [0.3, 0.4) is 0 Å². The molecule has 0 saturated carbocycles. The van der Waals surface area contributed by atoms with Gasteiger partial charge in [0, 0.05) is 31.7 Å². The van der Waals surface area contributed by atoms with Gasteiger partial charge < -0.3 is 4.90 Å². The molecule has 1 amide bonds. The van der Waals surface area contributed by atoms with Crippen molar-refractivity contribution in [3.05, 3.63) is 71.0 Å². The van der Waals surface area contributed by atoms with Gasteiger partial charge in [-0.05, 0) is 30.2 Å². The van der Waals surface area contributed by atoms with E-state index in [1.165, 1.54) is 10.4 Å². The standard InChI is InChI=1S/C19H21FN2O3S/c1-15-7-8-17(13-18(15)20)19(23)21-9-11-22(12-10-21)26(24,25)14-16-5-3-2-4-6-16/h2-8,13H,9-12,14H2,1H3. The van der Waals surface area contributed by atoms with Crippen LogP contribution in [0.15, 0.2) is 48.5 Å². The van der Waals surface area contributed by atoms with Crippen LogP contribution in [0.1, 0.15) is 21.5 Å². The van der Waals surface area contributed by atoms with Crippen LogP contribution in [-0.2, 0) is 15.8 Å². The molecule has 0 aliphatic carbocycles. The van der Waals surface area contributed by atoms with Gasteiger partial charge in [0.15, 0.2) is 0 Å². The summed E-state index contributed by atoms with van der Waals surface area (Å²) in [7, 11) is -3.43. The molecule has 2 aromatic carbocycles. The maximum absolute atomic E-state index is 13.7. The topological polar surface area (TPSA) is 57.7 Å². The lowest BCUT2D eigenvalue weighted by atomic mass is 10.1. The minimum atomic E-state index is -3.43. The van der Waals surface area contributed by atoms with Crippen LogP contribution < -0.4 is 0 Å². The van der Waals surface area contributed by atoms with Crippen molar-refractivity contribution < 1.29 is 17.6 Å². The van der Waals surface area contributed by atoms with Crippen LogP contribution in [0.2, 0.25) is 0 Å². The van der Waals surface area contributed by atoms with E-state index in [1.54, 1.807) is 36.1 Å². The van der Waals surface area contributed by atoms with E-state index < -0.39 is 15.8 Å². The molecular formula is C19H21FN2O3S. The van der Waals surface area contributed by atoms with Gasteiger partial charge in [0.25, 0.3) is 5.91 Å². The summed E-state index contributed by atoms with van der Waals surface area (Å²) >= 11 is 0. The molecule has 0 radical (unpaired) electrons. The zero-order valence-electron chi connectivity index (χ0n) is 14.6. The molecule has 1 aliphatic rings. The number of hydrogen-bond donors (Lipinski definition) is 0. The largest absolute Gasteiger partial charge is 0.336 e. The maximum Gasteiger partial charge on any atom is 0.254 e. The predicted molar refractivity (Wildman–Crippen MR) is 97.7 cm³/mol. The Bertz CT molecular complexity index is 892. The molecule has 0 unspecified atom stereocenters. The molecule has 0 N–H and O–H groups in total. The first-order valence-electron chi connectivity index (χ1n) is 8.44. The van der Waals surface area contributed by atoms with Crippen molar-refractivity contribution in [2.24, 2.45) is 0 Å². The molecule has 0 aromatic heterocycles. The summed E-state index contributed by atoms with van der Waals surface area (Å²) in [4.78, 5) is 14.1. The fourth-order valence-corrected chi connectivity index (χ4v) is 4.47. The van der Waals surface area contributed by atoms with E-state index in [-0.39, 0.29) is 30.3 Å². The minimum Gasteiger partial charge on any atom is -0.336 e. The summed E-state index contributed by atoms with van der Waals surface area (Å²) < 4.78 is 40.2. The third-order valence-electron chi connectivity index (χ3n) is 4.53. The number of piperazine rings is 1. The molecule has 138 valence electrons. The Hall–Kier alpha value is -2.25. The predicted octanol–water partition coefficient (Wildman–Crippen LogP) is 2.42. The quantitative estimate of drug-likeness (QED) is 0.823. The molecule has 0 spiro atoms. The third kappa shape index (κ3) is 4.11. The Balaban J connectivity index is 1.63. The second kappa shape index (κ2) is 7.55. The molecule has 0 bridgehead atoms. The molecule has 1 saturated heterocycles. The minimum absolute atomic E-state index is 0.0506. The van der Waals surface area contributed by atoms with E-state index >= 15 is 0 Å². The second-order valence-electron chi connectivity index (χ2n) is 6.40. The van der Waals surface area contributed by atoms with Gasteiger partial charge in [0.2, 0.25) is 10.0 Å². The van der Waals surface area contributed by atoms with E-state index in [0.717, 1.165) is 5.56 Å². The van der Waals surface area contributed by atoms with E-state index in [9.17, 15) is 17.6 Å². The smallest absolute Gasteiger partial charge is 0.254 e. The van der Waals surface area contributed by atoms with Gasteiger partial charge in [-0.1, -0.05) is 36.4 Å². The van der Waals surface area contributed by atoms with Gasteiger partial charge in [-0.15, -0.1) is 0 Å². The number of amides is 1. The lowest BCUT2D eigenvalue weighted by Gasteiger charge is -2.34. The number of benzene rings is 2. The Labute approximate surface area is 153 Å². The number of halogens is 1. The molecule has 7 heteroatoms. The average Bonchev–Trinajstić information content (AvgIpc) is 2.64. The zero-order chi connectivity index (χ0) is 18.7. The summed E-state index contributed by atoms with van der Waals surface area (Å²) in [5.74, 6) is -0.741. The summed E-state index contributed by atoms with van der Waals surface area (Å²) in [6.07, 6.45) is 0. The summed E-state index contributed by atoms with van der Waals surface area (Å²) in [6, 6.07) is 13.4. The van der Waals surface area contributed by atoms with Gasteiger partial charge in [-0.25, -0.2) is 12.8 Å². The number of rotatable bonds is 4. The first-order valence-corrected chi connectivity index (χ1v) is 10.0. The molecule has 1 fully saturated rings. The molecule has 5 nitrogen and oxygen atoms in total. The highest BCUT2D eigenvalue weighted by Crippen LogP contribution is 2.16. The Morgan fingerprint density at radius 1 is 1.04 bits per heavy atom. The van der Waals surface area contributed by atoms with Crippen molar-refractivity contribution in [2.45, 2.75) is 12.7 Å². The number of sulfonamides is 1. The van der Waals surface area contributed by atoms with Crippen LogP contribution >= 0.6 is 0 Å². The number of aryl methyl sites for hydroxylation is 1. The molecule has 1 aliphatic heterocycles. The van der Waals surface area contributed by atoms with E-state index in [4.69, 9.17) is 0 Å².